The van der Waals surface area contributed by atoms with E-state index in [1.54, 1.807) is 6.20 Å². The molecule has 0 unspecified atom stereocenters. The lowest BCUT2D eigenvalue weighted by atomic mass is 10.00. The first kappa shape index (κ1) is 21.4. The number of halogens is 1. The zero-order valence-electron chi connectivity index (χ0n) is 19.2. The van der Waals surface area contributed by atoms with Gasteiger partial charge in [-0.3, -0.25) is 9.78 Å². The van der Waals surface area contributed by atoms with E-state index in [-0.39, 0.29) is 12.0 Å². The number of fused-ring (bicyclic) bond motifs is 4. The Morgan fingerprint density at radius 2 is 2.11 bits per heavy atom. The lowest BCUT2D eigenvalue weighted by molar-refractivity contribution is -0.139. The second kappa shape index (κ2) is 8.34. The number of ether oxygens (including phenoxy) is 1. The number of nitrogens with zero attached hydrogens (tertiary/aromatic N) is 6. The summed E-state index contributed by atoms with van der Waals surface area (Å²) in [4.78, 5) is 29.2. The van der Waals surface area contributed by atoms with Crippen molar-refractivity contribution in [2.24, 2.45) is 11.8 Å². The van der Waals surface area contributed by atoms with Gasteiger partial charge in [0, 0.05) is 36.7 Å². The Morgan fingerprint density at radius 3 is 2.97 bits per heavy atom. The molecule has 5 heterocycles. The minimum absolute atomic E-state index is 0.119. The summed E-state index contributed by atoms with van der Waals surface area (Å²) in [6.07, 6.45) is 8.59. The van der Waals surface area contributed by atoms with Crippen molar-refractivity contribution in [1.29, 1.82) is 0 Å². The minimum Gasteiger partial charge on any atom is -0.374 e. The van der Waals surface area contributed by atoms with Crippen molar-refractivity contribution < 1.29 is 9.53 Å². The lowest BCUT2D eigenvalue weighted by Crippen LogP contribution is -2.44. The molecule has 3 aromatic heterocycles. The number of carbonyl (C=O) groups is 1. The van der Waals surface area contributed by atoms with Gasteiger partial charge >= 0.3 is 0 Å². The van der Waals surface area contributed by atoms with E-state index in [0.717, 1.165) is 76.7 Å². The fourth-order valence-electron chi connectivity index (χ4n) is 6.02. The summed E-state index contributed by atoms with van der Waals surface area (Å²) >= 11 is 3.57. The fraction of sp³-hybridized carbons (Fsp3) is 0.423. The SMILES string of the molecule is O=C([C@@H]1CC[C@@H](Cc2ncc3c(Br)nn(-c4ccc5ncccc5c4)c3n2)C1)N1C[C@H]2C[C@@H]1CO2. The summed E-state index contributed by atoms with van der Waals surface area (Å²) in [7, 11) is 0. The number of likely N-dealkylation sites (tertiary alicyclic amines) is 1. The van der Waals surface area contributed by atoms with Crippen LogP contribution >= 0.6 is 15.9 Å². The van der Waals surface area contributed by atoms with E-state index in [1.807, 2.05) is 35.1 Å². The molecule has 4 atom stereocenters. The highest BCUT2D eigenvalue weighted by Gasteiger charge is 2.44. The van der Waals surface area contributed by atoms with Crippen molar-refractivity contribution in [2.75, 3.05) is 13.2 Å². The maximum atomic E-state index is 13.1. The molecule has 1 aromatic carbocycles. The third-order valence-electron chi connectivity index (χ3n) is 7.81. The van der Waals surface area contributed by atoms with Gasteiger partial charge in [-0.25, -0.2) is 14.6 Å². The first-order valence-corrected chi connectivity index (χ1v) is 13.1. The molecule has 35 heavy (non-hydrogen) atoms. The van der Waals surface area contributed by atoms with E-state index < -0.39 is 0 Å². The first-order valence-electron chi connectivity index (χ1n) is 12.3. The highest BCUT2D eigenvalue weighted by atomic mass is 79.9. The summed E-state index contributed by atoms with van der Waals surface area (Å²) in [5.74, 6) is 1.67. The van der Waals surface area contributed by atoms with Crippen LogP contribution in [-0.4, -0.2) is 60.8 Å². The molecule has 1 aliphatic carbocycles. The molecule has 3 aliphatic rings. The standard InChI is InChI=1S/C26H25BrN6O2/c27-24-21-12-29-23(9-15-3-4-17(8-15)26(34)32-13-20-11-19(32)14-35-20)30-25(21)33(31-24)18-5-6-22-16(10-18)2-1-7-28-22/h1-2,5-7,10,12,15,17,19-20H,3-4,8-9,11,13-14H2/t15-,17-,19-,20-/m1/s1. The molecule has 2 aliphatic heterocycles. The first-order chi connectivity index (χ1) is 17.1. The number of aromatic nitrogens is 5. The zero-order chi connectivity index (χ0) is 23.5. The second-order valence-electron chi connectivity index (χ2n) is 10.0. The molecule has 7 rings (SSSR count). The van der Waals surface area contributed by atoms with Crippen molar-refractivity contribution in [1.82, 2.24) is 29.6 Å². The normalized spacial score (nSPS) is 25.8. The van der Waals surface area contributed by atoms with E-state index >= 15 is 0 Å². The van der Waals surface area contributed by atoms with Crippen LogP contribution in [0, 0.1) is 11.8 Å². The second-order valence-corrected chi connectivity index (χ2v) is 10.8. The topological polar surface area (TPSA) is 86.0 Å². The number of pyridine rings is 1. The Bertz CT molecular complexity index is 1450. The van der Waals surface area contributed by atoms with Gasteiger partial charge in [-0.05, 0) is 71.8 Å². The van der Waals surface area contributed by atoms with Gasteiger partial charge in [0.15, 0.2) is 5.65 Å². The minimum atomic E-state index is 0.119. The predicted molar refractivity (Wildman–Crippen MR) is 134 cm³/mol. The van der Waals surface area contributed by atoms with Crippen LogP contribution in [0.5, 0.6) is 0 Å². The largest absolute Gasteiger partial charge is 0.374 e. The molecule has 178 valence electrons. The molecular weight excluding hydrogens is 508 g/mol. The smallest absolute Gasteiger partial charge is 0.226 e. The lowest BCUT2D eigenvalue weighted by Gasteiger charge is -2.29. The Labute approximate surface area is 210 Å². The monoisotopic (exact) mass is 532 g/mol. The van der Waals surface area contributed by atoms with Gasteiger partial charge in [-0.15, -0.1) is 0 Å². The van der Waals surface area contributed by atoms with Crippen LogP contribution in [0.15, 0.2) is 47.3 Å². The zero-order valence-corrected chi connectivity index (χ0v) is 20.8. The third kappa shape index (κ3) is 3.72. The molecule has 2 bridgehead atoms. The van der Waals surface area contributed by atoms with E-state index in [1.165, 1.54) is 0 Å². The Morgan fingerprint density at radius 1 is 1.17 bits per heavy atom. The summed E-state index contributed by atoms with van der Waals surface area (Å²) in [5.41, 5.74) is 2.66. The van der Waals surface area contributed by atoms with Gasteiger partial charge < -0.3 is 9.64 Å². The van der Waals surface area contributed by atoms with Gasteiger partial charge in [0.25, 0.3) is 0 Å². The van der Waals surface area contributed by atoms with Crippen LogP contribution in [0.3, 0.4) is 0 Å². The average Bonchev–Trinajstić information content (AvgIpc) is 3.68. The van der Waals surface area contributed by atoms with Gasteiger partial charge in [0.2, 0.25) is 5.91 Å². The number of rotatable bonds is 4. The molecule has 0 spiro atoms. The van der Waals surface area contributed by atoms with Crippen molar-refractivity contribution in [3.05, 3.63) is 53.2 Å². The van der Waals surface area contributed by atoms with Crippen LogP contribution in [0.4, 0.5) is 0 Å². The fourth-order valence-corrected chi connectivity index (χ4v) is 6.46. The van der Waals surface area contributed by atoms with Gasteiger partial charge in [-0.2, -0.15) is 5.10 Å². The molecule has 1 saturated carbocycles. The van der Waals surface area contributed by atoms with Crippen LogP contribution in [0.1, 0.15) is 31.5 Å². The van der Waals surface area contributed by atoms with Gasteiger partial charge in [0.05, 0.1) is 35.3 Å². The van der Waals surface area contributed by atoms with Crippen LogP contribution in [-0.2, 0) is 16.0 Å². The van der Waals surface area contributed by atoms with Gasteiger partial charge in [-0.1, -0.05) is 6.07 Å². The molecule has 4 aromatic rings. The molecule has 8 nitrogen and oxygen atoms in total. The number of morpholine rings is 1. The van der Waals surface area contributed by atoms with Gasteiger partial charge in [0.1, 0.15) is 10.4 Å². The van der Waals surface area contributed by atoms with Crippen LogP contribution in [0.25, 0.3) is 27.6 Å². The summed E-state index contributed by atoms with van der Waals surface area (Å²) in [6.45, 7) is 1.48. The number of amides is 1. The number of hydrogen-bond donors (Lipinski definition) is 0. The van der Waals surface area contributed by atoms with Crippen molar-refractivity contribution in [2.45, 2.75) is 44.2 Å². The highest BCUT2D eigenvalue weighted by Crippen LogP contribution is 2.37. The maximum absolute atomic E-state index is 13.1. The number of carbonyl (C=O) groups excluding carboxylic acids is 1. The Balaban J connectivity index is 1.12. The molecule has 3 fully saturated rings. The van der Waals surface area contributed by atoms with E-state index in [0.29, 0.717) is 24.5 Å². The van der Waals surface area contributed by atoms with Crippen molar-refractivity contribution >= 4 is 43.8 Å². The third-order valence-corrected chi connectivity index (χ3v) is 8.39. The predicted octanol–water partition coefficient (Wildman–Crippen LogP) is 4.08. The quantitative estimate of drug-likeness (QED) is 0.393. The molecule has 0 N–H and O–H groups in total. The summed E-state index contributed by atoms with van der Waals surface area (Å²) in [5, 5.41) is 6.62. The average molecular weight is 533 g/mol. The van der Waals surface area contributed by atoms with E-state index in [2.05, 4.69) is 42.0 Å². The molecule has 0 radical (unpaired) electrons. The van der Waals surface area contributed by atoms with Crippen molar-refractivity contribution in [3.8, 4) is 5.69 Å². The molecule has 1 amide bonds. The molecular formula is C26H25BrN6O2. The number of hydrogen-bond acceptors (Lipinski definition) is 6. The highest BCUT2D eigenvalue weighted by molar-refractivity contribution is 9.10. The maximum Gasteiger partial charge on any atom is 0.226 e. The Kier molecular flexibility index (Phi) is 5.10. The van der Waals surface area contributed by atoms with Crippen LogP contribution < -0.4 is 0 Å². The molecule has 2 saturated heterocycles. The van der Waals surface area contributed by atoms with E-state index in [9.17, 15) is 4.79 Å². The summed E-state index contributed by atoms with van der Waals surface area (Å²) in [6, 6.07) is 10.4. The number of benzene rings is 1. The Hall–Kier alpha value is -2.91. The molecule has 9 heteroatoms. The summed E-state index contributed by atoms with van der Waals surface area (Å²) < 4.78 is 8.26. The van der Waals surface area contributed by atoms with E-state index in [4.69, 9.17) is 9.72 Å². The van der Waals surface area contributed by atoms with Crippen molar-refractivity contribution in [3.63, 3.8) is 0 Å². The van der Waals surface area contributed by atoms with Crippen LogP contribution in [0.2, 0.25) is 0 Å².